The highest BCUT2D eigenvalue weighted by Gasteiger charge is 2.10. The van der Waals surface area contributed by atoms with Gasteiger partial charge in [-0.25, -0.2) is 4.79 Å². The van der Waals surface area contributed by atoms with Crippen LogP contribution in [-0.2, 0) is 22.6 Å². The minimum absolute atomic E-state index is 0.266. The number of hydrogen-bond acceptors (Lipinski definition) is 5. The summed E-state index contributed by atoms with van der Waals surface area (Å²) >= 11 is 0. The zero-order chi connectivity index (χ0) is 21.0. The number of carbonyl (C=O) groups is 1. The van der Waals surface area contributed by atoms with Crippen LogP contribution in [0.15, 0.2) is 59.6 Å². The Hall–Kier alpha value is -2.90. The molecule has 30 heavy (non-hydrogen) atoms. The Morgan fingerprint density at radius 3 is 2.60 bits per heavy atom. The van der Waals surface area contributed by atoms with Crippen molar-refractivity contribution in [2.45, 2.75) is 13.2 Å². The second-order valence-corrected chi connectivity index (χ2v) is 7.07. The van der Waals surface area contributed by atoms with Crippen LogP contribution in [0.1, 0.15) is 21.5 Å². The molecule has 1 aliphatic heterocycles. The van der Waals surface area contributed by atoms with Crippen molar-refractivity contribution in [3.05, 3.63) is 71.3 Å². The van der Waals surface area contributed by atoms with Crippen molar-refractivity contribution in [1.29, 1.82) is 0 Å². The molecule has 2 aromatic carbocycles. The van der Waals surface area contributed by atoms with Gasteiger partial charge in [0.2, 0.25) is 0 Å². The number of aliphatic imine (C=N–C) groups is 1. The smallest absolute Gasteiger partial charge is 0.338 e. The Kier molecular flexibility index (Phi) is 8.68. The lowest BCUT2D eigenvalue weighted by Gasteiger charge is -2.26. The highest BCUT2D eigenvalue weighted by molar-refractivity contribution is 5.89. The van der Waals surface area contributed by atoms with E-state index in [1.54, 1.807) is 13.1 Å². The molecule has 0 bridgehead atoms. The van der Waals surface area contributed by atoms with Gasteiger partial charge in [-0.3, -0.25) is 9.89 Å². The fraction of sp³-hybridized carbons (Fsp3) is 0.391. The van der Waals surface area contributed by atoms with Crippen LogP contribution in [0.25, 0.3) is 0 Å². The normalized spacial score (nSPS) is 14.9. The third-order valence-electron chi connectivity index (χ3n) is 4.88. The average molecular weight is 411 g/mol. The van der Waals surface area contributed by atoms with E-state index in [0.29, 0.717) is 12.1 Å². The minimum atomic E-state index is -0.325. The third-order valence-corrected chi connectivity index (χ3v) is 4.88. The van der Waals surface area contributed by atoms with E-state index in [2.05, 4.69) is 20.5 Å². The maximum absolute atomic E-state index is 12.4. The molecular weight excluding hydrogens is 380 g/mol. The number of morpholine rings is 1. The number of hydrogen-bond donors (Lipinski definition) is 2. The fourth-order valence-corrected chi connectivity index (χ4v) is 3.18. The first-order chi connectivity index (χ1) is 14.7. The molecule has 1 aliphatic rings. The van der Waals surface area contributed by atoms with Crippen LogP contribution >= 0.6 is 0 Å². The Labute approximate surface area is 178 Å². The number of benzene rings is 2. The first kappa shape index (κ1) is 21.8. The van der Waals surface area contributed by atoms with E-state index < -0.39 is 0 Å². The molecule has 0 spiro atoms. The van der Waals surface area contributed by atoms with Crippen molar-refractivity contribution in [3.8, 4) is 0 Å². The number of rotatable bonds is 8. The zero-order valence-corrected chi connectivity index (χ0v) is 17.5. The molecule has 0 atom stereocenters. The number of ether oxygens (including phenoxy) is 2. The molecule has 1 saturated heterocycles. The van der Waals surface area contributed by atoms with Gasteiger partial charge in [-0.05, 0) is 23.3 Å². The van der Waals surface area contributed by atoms with E-state index >= 15 is 0 Å². The molecule has 0 saturated carbocycles. The standard InChI is InChI=1S/C23H30N4O3/c1-24-23(25-10-11-27-12-14-29-15-13-27)26-17-20-8-5-9-21(16-20)22(28)30-18-19-6-3-2-4-7-19/h2-9,16H,10-15,17-18H2,1H3,(H2,24,25,26). The molecule has 1 fully saturated rings. The first-order valence-electron chi connectivity index (χ1n) is 10.3. The first-order valence-corrected chi connectivity index (χ1v) is 10.3. The summed E-state index contributed by atoms with van der Waals surface area (Å²) in [7, 11) is 1.75. The van der Waals surface area contributed by atoms with Gasteiger partial charge in [-0.15, -0.1) is 0 Å². The topological polar surface area (TPSA) is 75.2 Å². The second-order valence-electron chi connectivity index (χ2n) is 7.07. The van der Waals surface area contributed by atoms with Gasteiger partial charge in [0.05, 0.1) is 18.8 Å². The highest BCUT2D eigenvalue weighted by atomic mass is 16.5. The van der Waals surface area contributed by atoms with Gasteiger partial charge < -0.3 is 20.1 Å². The maximum atomic E-state index is 12.4. The minimum Gasteiger partial charge on any atom is -0.457 e. The average Bonchev–Trinajstić information content (AvgIpc) is 2.81. The van der Waals surface area contributed by atoms with Gasteiger partial charge in [-0.1, -0.05) is 42.5 Å². The van der Waals surface area contributed by atoms with Gasteiger partial charge in [0, 0.05) is 39.8 Å². The van der Waals surface area contributed by atoms with Gasteiger partial charge >= 0.3 is 5.97 Å². The SMILES string of the molecule is CN=C(NCCN1CCOCC1)NCc1cccc(C(=O)OCc2ccccc2)c1. The maximum Gasteiger partial charge on any atom is 0.338 e. The van der Waals surface area contributed by atoms with E-state index in [4.69, 9.17) is 9.47 Å². The van der Waals surface area contributed by atoms with Gasteiger partial charge in [-0.2, -0.15) is 0 Å². The number of nitrogens with zero attached hydrogens (tertiary/aromatic N) is 2. The largest absolute Gasteiger partial charge is 0.457 e. The molecule has 1 heterocycles. The molecular formula is C23H30N4O3. The Morgan fingerprint density at radius 1 is 1.07 bits per heavy atom. The van der Waals surface area contributed by atoms with Gasteiger partial charge in [0.1, 0.15) is 6.61 Å². The molecule has 0 unspecified atom stereocenters. The zero-order valence-electron chi connectivity index (χ0n) is 17.5. The van der Waals surface area contributed by atoms with Crippen LogP contribution in [0, 0.1) is 0 Å². The Morgan fingerprint density at radius 2 is 1.83 bits per heavy atom. The molecule has 7 heteroatoms. The summed E-state index contributed by atoms with van der Waals surface area (Å²) in [5.74, 6) is 0.411. The summed E-state index contributed by atoms with van der Waals surface area (Å²) in [6.45, 7) is 6.15. The monoisotopic (exact) mass is 410 g/mol. The molecule has 160 valence electrons. The lowest BCUT2D eigenvalue weighted by molar-refractivity contribution is 0.0389. The van der Waals surface area contributed by atoms with E-state index in [0.717, 1.165) is 56.5 Å². The summed E-state index contributed by atoms with van der Waals surface area (Å²) in [6, 6.07) is 17.1. The summed E-state index contributed by atoms with van der Waals surface area (Å²) < 4.78 is 10.8. The molecule has 7 nitrogen and oxygen atoms in total. The van der Waals surface area contributed by atoms with Crippen LogP contribution in [0.4, 0.5) is 0 Å². The molecule has 0 aromatic heterocycles. The molecule has 2 aromatic rings. The quantitative estimate of drug-likeness (QED) is 0.394. The number of nitrogens with one attached hydrogen (secondary N) is 2. The van der Waals surface area contributed by atoms with Crippen LogP contribution in [-0.4, -0.2) is 63.3 Å². The fourth-order valence-electron chi connectivity index (χ4n) is 3.18. The van der Waals surface area contributed by atoms with Crippen molar-refractivity contribution >= 4 is 11.9 Å². The van der Waals surface area contributed by atoms with Crippen molar-refractivity contribution < 1.29 is 14.3 Å². The molecule has 0 aliphatic carbocycles. The van der Waals surface area contributed by atoms with E-state index in [-0.39, 0.29) is 12.6 Å². The van der Waals surface area contributed by atoms with Crippen LogP contribution in [0.5, 0.6) is 0 Å². The lowest BCUT2D eigenvalue weighted by atomic mass is 10.1. The van der Waals surface area contributed by atoms with Crippen LogP contribution in [0.3, 0.4) is 0 Å². The Bertz CT molecular complexity index is 820. The molecule has 0 radical (unpaired) electrons. The van der Waals surface area contributed by atoms with E-state index in [1.807, 2.05) is 48.5 Å². The molecule has 2 N–H and O–H groups in total. The number of esters is 1. The number of carbonyl (C=O) groups excluding carboxylic acids is 1. The number of guanidine groups is 1. The summed E-state index contributed by atoms with van der Waals surface area (Å²) in [5, 5.41) is 6.62. The Balaban J connectivity index is 1.43. The van der Waals surface area contributed by atoms with Crippen molar-refractivity contribution in [3.63, 3.8) is 0 Å². The van der Waals surface area contributed by atoms with E-state index in [1.165, 1.54) is 0 Å². The molecule has 3 rings (SSSR count). The van der Waals surface area contributed by atoms with Crippen molar-refractivity contribution in [2.24, 2.45) is 4.99 Å². The third kappa shape index (κ3) is 7.17. The van der Waals surface area contributed by atoms with Crippen molar-refractivity contribution in [2.75, 3.05) is 46.4 Å². The summed E-state index contributed by atoms with van der Waals surface area (Å²) in [5.41, 5.74) is 2.50. The summed E-state index contributed by atoms with van der Waals surface area (Å²) in [6.07, 6.45) is 0. The van der Waals surface area contributed by atoms with Gasteiger partial charge in [0.15, 0.2) is 5.96 Å². The van der Waals surface area contributed by atoms with E-state index in [9.17, 15) is 4.79 Å². The highest BCUT2D eigenvalue weighted by Crippen LogP contribution is 2.09. The van der Waals surface area contributed by atoms with Gasteiger partial charge in [0.25, 0.3) is 0 Å². The predicted octanol–water partition coefficient (Wildman–Crippen LogP) is 2.04. The predicted molar refractivity (Wildman–Crippen MR) is 117 cm³/mol. The van der Waals surface area contributed by atoms with Crippen LogP contribution < -0.4 is 10.6 Å². The summed E-state index contributed by atoms with van der Waals surface area (Å²) in [4.78, 5) is 19.0. The van der Waals surface area contributed by atoms with Crippen LogP contribution in [0.2, 0.25) is 0 Å². The molecule has 0 amide bonds. The second kappa shape index (κ2) is 11.9. The van der Waals surface area contributed by atoms with Crippen molar-refractivity contribution in [1.82, 2.24) is 15.5 Å². The lowest BCUT2D eigenvalue weighted by Crippen LogP contribution is -2.44.